The van der Waals surface area contributed by atoms with Crippen molar-refractivity contribution in [1.29, 1.82) is 0 Å². The normalized spacial score (nSPS) is 13.6. The van der Waals surface area contributed by atoms with Gasteiger partial charge in [0.2, 0.25) is 0 Å². The predicted octanol–water partition coefficient (Wildman–Crippen LogP) is 2.21. The van der Waals surface area contributed by atoms with E-state index < -0.39 is 0 Å². The molecule has 16 heavy (non-hydrogen) atoms. The molecule has 0 aliphatic carbocycles. The fraction of sp³-hybridized carbons (Fsp3) is 0.750. The average Bonchev–Trinajstić information content (AvgIpc) is 2.68. The Morgan fingerprint density at radius 1 is 1.44 bits per heavy atom. The summed E-state index contributed by atoms with van der Waals surface area (Å²) in [5.74, 6) is 0.744. The van der Waals surface area contributed by atoms with Crippen LogP contribution in [0.15, 0.2) is 10.9 Å². The highest BCUT2D eigenvalue weighted by Crippen LogP contribution is 2.08. The van der Waals surface area contributed by atoms with Gasteiger partial charge in [-0.2, -0.15) is 0 Å². The molecule has 0 saturated heterocycles. The number of thiazole rings is 1. The maximum Gasteiger partial charge on any atom is 0.0795 e. The monoisotopic (exact) mass is 241 g/mol. The van der Waals surface area contributed by atoms with E-state index >= 15 is 0 Å². The number of hydrogen-bond donors (Lipinski definition) is 1. The highest BCUT2D eigenvalue weighted by atomic mass is 32.1. The molecule has 0 aliphatic rings. The van der Waals surface area contributed by atoms with Crippen molar-refractivity contribution < 1.29 is 0 Å². The Morgan fingerprint density at radius 2 is 2.19 bits per heavy atom. The third-order valence-corrected chi connectivity index (χ3v) is 3.28. The summed E-state index contributed by atoms with van der Waals surface area (Å²) in [5, 5.41) is 5.57. The summed E-state index contributed by atoms with van der Waals surface area (Å²) < 4.78 is 0. The predicted molar refractivity (Wildman–Crippen MR) is 70.8 cm³/mol. The highest BCUT2D eigenvalue weighted by molar-refractivity contribution is 7.07. The van der Waals surface area contributed by atoms with Crippen molar-refractivity contribution in [3.05, 3.63) is 16.6 Å². The molecule has 0 aromatic carbocycles. The molecule has 1 N–H and O–H groups in total. The van der Waals surface area contributed by atoms with Crippen LogP contribution in [0.1, 0.15) is 26.0 Å². The molecule has 0 bridgehead atoms. The number of nitrogens with zero attached hydrogens (tertiary/aromatic N) is 2. The summed E-state index contributed by atoms with van der Waals surface area (Å²) in [6.45, 7) is 6.46. The van der Waals surface area contributed by atoms with Gasteiger partial charge in [-0.3, -0.25) is 0 Å². The summed E-state index contributed by atoms with van der Waals surface area (Å²) in [6, 6.07) is 0.610. The van der Waals surface area contributed by atoms with Crippen LogP contribution in [0.5, 0.6) is 0 Å². The Balaban J connectivity index is 2.27. The van der Waals surface area contributed by atoms with Crippen molar-refractivity contribution in [2.24, 2.45) is 5.92 Å². The third-order valence-electron chi connectivity index (χ3n) is 2.64. The largest absolute Gasteiger partial charge is 0.310 e. The number of rotatable bonds is 7. The van der Waals surface area contributed by atoms with Crippen LogP contribution in [-0.2, 0) is 6.54 Å². The molecule has 0 spiro atoms. The van der Waals surface area contributed by atoms with E-state index in [0.717, 1.165) is 24.7 Å². The fourth-order valence-electron chi connectivity index (χ4n) is 1.71. The lowest BCUT2D eigenvalue weighted by atomic mass is 10.0. The van der Waals surface area contributed by atoms with E-state index in [0.29, 0.717) is 6.04 Å². The summed E-state index contributed by atoms with van der Waals surface area (Å²) in [7, 11) is 4.30. The first kappa shape index (κ1) is 13.6. The molecule has 0 radical (unpaired) electrons. The van der Waals surface area contributed by atoms with Crippen LogP contribution in [0.2, 0.25) is 0 Å². The molecule has 3 nitrogen and oxygen atoms in total. The van der Waals surface area contributed by atoms with E-state index in [1.165, 1.54) is 6.42 Å². The second-order valence-corrected chi connectivity index (χ2v) is 5.58. The topological polar surface area (TPSA) is 28.2 Å². The van der Waals surface area contributed by atoms with Crippen molar-refractivity contribution in [2.45, 2.75) is 32.9 Å². The molecule has 92 valence electrons. The quantitative estimate of drug-likeness (QED) is 0.793. The number of hydrogen-bond acceptors (Lipinski definition) is 4. The van der Waals surface area contributed by atoms with Gasteiger partial charge in [-0.05, 0) is 26.4 Å². The van der Waals surface area contributed by atoms with Gasteiger partial charge in [0.05, 0.1) is 11.2 Å². The highest BCUT2D eigenvalue weighted by Gasteiger charge is 2.12. The summed E-state index contributed by atoms with van der Waals surface area (Å²) in [6.07, 6.45) is 1.23. The van der Waals surface area contributed by atoms with E-state index in [2.05, 4.69) is 48.5 Å². The van der Waals surface area contributed by atoms with E-state index in [-0.39, 0.29) is 0 Å². The van der Waals surface area contributed by atoms with Gasteiger partial charge in [0, 0.05) is 24.5 Å². The average molecular weight is 241 g/mol. The Kier molecular flexibility index (Phi) is 5.95. The van der Waals surface area contributed by atoms with E-state index in [1.54, 1.807) is 11.3 Å². The zero-order valence-corrected chi connectivity index (χ0v) is 11.5. The zero-order valence-electron chi connectivity index (χ0n) is 10.7. The molecular formula is C12H23N3S. The summed E-state index contributed by atoms with van der Waals surface area (Å²) in [4.78, 5) is 6.56. The first-order valence-corrected chi connectivity index (χ1v) is 6.78. The Hall–Kier alpha value is -0.450. The second kappa shape index (κ2) is 6.99. The third kappa shape index (κ3) is 5.05. The molecule has 0 saturated carbocycles. The SMILES string of the molecule is CC(C)CC(CNCc1cscn1)N(C)C. The van der Waals surface area contributed by atoms with Gasteiger partial charge < -0.3 is 10.2 Å². The summed E-state index contributed by atoms with van der Waals surface area (Å²) in [5.41, 5.74) is 3.03. The Labute approximate surface area is 103 Å². The zero-order chi connectivity index (χ0) is 12.0. The minimum atomic E-state index is 0.610. The van der Waals surface area contributed by atoms with Crippen LogP contribution in [0, 0.1) is 5.92 Å². The molecule has 0 amide bonds. The van der Waals surface area contributed by atoms with Crippen molar-refractivity contribution >= 4 is 11.3 Å². The van der Waals surface area contributed by atoms with Gasteiger partial charge >= 0.3 is 0 Å². The number of nitrogens with one attached hydrogen (secondary N) is 1. The van der Waals surface area contributed by atoms with Gasteiger partial charge in [0.1, 0.15) is 0 Å². The first-order chi connectivity index (χ1) is 7.59. The van der Waals surface area contributed by atoms with Gasteiger partial charge in [0.25, 0.3) is 0 Å². The van der Waals surface area contributed by atoms with Crippen LogP contribution >= 0.6 is 11.3 Å². The van der Waals surface area contributed by atoms with Gasteiger partial charge in [-0.25, -0.2) is 4.98 Å². The molecule has 1 aromatic heterocycles. The van der Waals surface area contributed by atoms with Gasteiger partial charge in [-0.15, -0.1) is 11.3 Å². The van der Waals surface area contributed by atoms with E-state index in [1.807, 2.05) is 5.51 Å². The maximum absolute atomic E-state index is 4.26. The maximum atomic E-state index is 4.26. The van der Waals surface area contributed by atoms with Gasteiger partial charge in [0.15, 0.2) is 0 Å². The fourth-order valence-corrected chi connectivity index (χ4v) is 2.27. The van der Waals surface area contributed by atoms with Crippen molar-refractivity contribution in [3.63, 3.8) is 0 Å². The number of likely N-dealkylation sites (N-methyl/N-ethyl adjacent to an activating group) is 1. The molecule has 1 unspecified atom stereocenters. The van der Waals surface area contributed by atoms with Crippen LogP contribution < -0.4 is 5.32 Å². The van der Waals surface area contributed by atoms with E-state index in [9.17, 15) is 0 Å². The minimum absolute atomic E-state index is 0.610. The molecule has 1 heterocycles. The first-order valence-electron chi connectivity index (χ1n) is 5.83. The second-order valence-electron chi connectivity index (χ2n) is 4.86. The van der Waals surface area contributed by atoms with Crippen LogP contribution in [0.25, 0.3) is 0 Å². The van der Waals surface area contributed by atoms with Crippen molar-refractivity contribution in [3.8, 4) is 0 Å². The lowest BCUT2D eigenvalue weighted by molar-refractivity contribution is 0.246. The lowest BCUT2D eigenvalue weighted by Gasteiger charge is -2.26. The molecule has 4 heteroatoms. The minimum Gasteiger partial charge on any atom is -0.310 e. The van der Waals surface area contributed by atoms with Crippen LogP contribution in [0.4, 0.5) is 0 Å². The molecular weight excluding hydrogens is 218 g/mol. The smallest absolute Gasteiger partial charge is 0.0795 e. The lowest BCUT2D eigenvalue weighted by Crippen LogP contribution is -2.38. The molecule has 1 aromatic rings. The molecule has 0 aliphatic heterocycles. The van der Waals surface area contributed by atoms with Crippen molar-refractivity contribution in [1.82, 2.24) is 15.2 Å². The molecule has 1 rings (SSSR count). The standard InChI is InChI=1S/C12H23N3S/c1-10(2)5-12(15(3)4)7-13-6-11-8-16-9-14-11/h8-10,12-13H,5-7H2,1-4H3. The van der Waals surface area contributed by atoms with E-state index in [4.69, 9.17) is 0 Å². The van der Waals surface area contributed by atoms with Gasteiger partial charge in [-0.1, -0.05) is 13.8 Å². The molecule has 1 atom stereocenters. The molecule has 0 fully saturated rings. The van der Waals surface area contributed by atoms with Crippen molar-refractivity contribution in [2.75, 3.05) is 20.6 Å². The van der Waals surface area contributed by atoms with Crippen LogP contribution in [-0.4, -0.2) is 36.6 Å². The number of aromatic nitrogens is 1. The van der Waals surface area contributed by atoms with Crippen LogP contribution in [0.3, 0.4) is 0 Å². The Bertz CT molecular complexity index is 270. The Morgan fingerprint density at radius 3 is 2.69 bits per heavy atom. The summed E-state index contributed by atoms with van der Waals surface area (Å²) >= 11 is 1.65.